The molecular formula is C22H31N5O6. The Morgan fingerprint density at radius 3 is 2.30 bits per heavy atom. The van der Waals surface area contributed by atoms with E-state index in [1.165, 1.54) is 18.8 Å². The van der Waals surface area contributed by atoms with E-state index in [1.54, 1.807) is 18.2 Å². The second-order valence-corrected chi connectivity index (χ2v) is 7.66. The van der Waals surface area contributed by atoms with Gasteiger partial charge < -0.3 is 30.2 Å². The van der Waals surface area contributed by atoms with Gasteiger partial charge in [0.05, 0.1) is 27.4 Å². The number of rotatable bonds is 9. The summed E-state index contributed by atoms with van der Waals surface area (Å²) in [6, 6.07) is 4.90. The fourth-order valence-electron chi connectivity index (χ4n) is 3.68. The Bertz CT molecular complexity index is 1080. The number of nitrogens with one attached hydrogen (secondary N) is 1. The molecule has 2 aromatic rings. The van der Waals surface area contributed by atoms with E-state index in [0.717, 1.165) is 11.0 Å². The third-order valence-electron chi connectivity index (χ3n) is 5.44. The molecule has 3 rings (SSSR count). The van der Waals surface area contributed by atoms with Gasteiger partial charge >= 0.3 is 5.69 Å². The van der Waals surface area contributed by atoms with Gasteiger partial charge in [-0.1, -0.05) is 13.3 Å². The van der Waals surface area contributed by atoms with Gasteiger partial charge in [-0.2, -0.15) is 0 Å². The first kappa shape index (κ1) is 24.2. The van der Waals surface area contributed by atoms with Gasteiger partial charge in [0.1, 0.15) is 29.5 Å². The quantitative estimate of drug-likeness (QED) is 0.563. The average Bonchev–Trinajstić information content (AvgIpc) is 2.82. The number of amides is 1. The summed E-state index contributed by atoms with van der Waals surface area (Å²) in [6.45, 7) is 3.74. The van der Waals surface area contributed by atoms with Crippen LogP contribution in [0.3, 0.4) is 0 Å². The Balaban J connectivity index is 1.97. The lowest BCUT2D eigenvalue weighted by atomic mass is 10.2. The topological polar surface area (TPSA) is 130 Å². The molecule has 0 atom stereocenters. The van der Waals surface area contributed by atoms with Gasteiger partial charge in [-0.05, 0) is 6.42 Å². The predicted octanol–water partition coefficient (Wildman–Crippen LogP) is 0.885. The number of nitrogens with zero attached hydrogens (tertiary/aromatic N) is 3. The molecule has 33 heavy (non-hydrogen) atoms. The maximum absolute atomic E-state index is 13.3. The highest BCUT2D eigenvalue weighted by molar-refractivity contribution is 5.91. The number of anilines is 3. The Kier molecular flexibility index (Phi) is 7.99. The molecule has 1 aromatic carbocycles. The van der Waals surface area contributed by atoms with E-state index in [0.29, 0.717) is 56.5 Å². The minimum Gasteiger partial charge on any atom is -0.497 e. The van der Waals surface area contributed by atoms with E-state index >= 15 is 0 Å². The lowest BCUT2D eigenvalue weighted by Crippen LogP contribution is -2.48. The summed E-state index contributed by atoms with van der Waals surface area (Å²) in [5, 5.41) is 2.70. The molecule has 1 fully saturated rings. The molecule has 0 bridgehead atoms. The first-order valence-electron chi connectivity index (χ1n) is 10.9. The van der Waals surface area contributed by atoms with Crippen molar-refractivity contribution < 1.29 is 19.0 Å². The van der Waals surface area contributed by atoms with Crippen LogP contribution in [0.1, 0.15) is 19.8 Å². The van der Waals surface area contributed by atoms with Gasteiger partial charge in [0.15, 0.2) is 0 Å². The van der Waals surface area contributed by atoms with E-state index in [9.17, 15) is 14.4 Å². The van der Waals surface area contributed by atoms with Gasteiger partial charge in [-0.25, -0.2) is 9.36 Å². The SMILES string of the molecule is CCCCn1c(N)c(N2CCOCC2)c(=O)n(CC(=O)Nc2cc(OC)cc(OC)c2)c1=O. The molecule has 1 aliphatic rings. The summed E-state index contributed by atoms with van der Waals surface area (Å²) < 4.78 is 18.1. The van der Waals surface area contributed by atoms with Crippen molar-refractivity contribution in [2.75, 3.05) is 56.5 Å². The van der Waals surface area contributed by atoms with Crippen LogP contribution in [0.2, 0.25) is 0 Å². The molecule has 180 valence electrons. The zero-order chi connectivity index (χ0) is 24.0. The number of carbonyl (C=O) groups excluding carboxylic acids is 1. The van der Waals surface area contributed by atoms with E-state index < -0.39 is 23.7 Å². The van der Waals surface area contributed by atoms with Gasteiger partial charge in [-0.15, -0.1) is 0 Å². The number of morpholine rings is 1. The molecule has 3 N–H and O–H groups in total. The molecule has 0 unspecified atom stereocenters. The molecule has 1 amide bonds. The van der Waals surface area contributed by atoms with Crippen LogP contribution < -0.4 is 36.7 Å². The van der Waals surface area contributed by atoms with Gasteiger partial charge in [0.25, 0.3) is 5.56 Å². The summed E-state index contributed by atoms with van der Waals surface area (Å²) in [6.07, 6.45) is 1.55. The molecule has 0 spiro atoms. The molecule has 11 nitrogen and oxygen atoms in total. The van der Waals surface area contributed by atoms with Crippen molar-refractivity contribution in [1.29, 1.82) is 0 Å². The summed E-state index contributed by atoms with van der Waals surface area (Å²) >= 11 is 0. The minimum absolute atomic E-state index is 0.120. The highest BCUT2D eigenvalue weighted by Crippen LogP contribution is 2.25. The highest BCUT2D eigenvalue weighted by atomic mass is 16.5. The van der Waals surface area contributed by atoms with E-state index in [-0.39, 0.29) is 11.5 Å². The number of hydrogen-bond acceptors (Lipinski definition) is 8. The molecule has 11 heteroatoms. The Labute approximate surface area is 191 Å². The summed E-state index contributed by atoms with van der Waals surface area (Å²) in [5.74, 6) is 0.565. The predicted molar refractivity (Wildman–Crippen MR) is 125 cm³/mol. The number of nitrogen functional groups attached to an aromatic ring is 1. The molecule has 0 saturated carbocycles. The largest absolute Gasteiger partial charge is 0.497 e. The van der Waals surface area contributed by atoms with Crippen LogP contribution >= 0.6 is 0 Å². The number of ether oxygens (including phenoxy) is 3. The van der Waals surface area contributed by atoms with Gasteiger partial charge in [-0.3, -0.25) is 14.2 Å². The molecule has 2 heterocycles. The van der Waals surface area contributed by atoms with Crippen LogP contribution in [0.25, 0.3) is 0 Å². The van der Waals surface area contributed by atoms with E-state index in [2.05, 4.69) is 5.32 Å². The molecule has 1 saturated heterocycles. The fourth-order valence-corrected chi connectivity index (χ4v) is 3.68. The van der Waals surface area contributed by atoms with Crippen molar-refractivity contribution in [2.24, 2.45) is 0 Å². The number of carbonyl (C=O) groups is 1. The number of methoxy groups -OCH3 is 2. The van der Waals surface area contributed by atoms with Crippen molar-refractivity contribution in [3.8, 4) is 11.5 Å². The normalized spacial score (nSPS) is 13.6. The summed E-state index contributed by atoms with van der Waals surface area (Å²) in [4.78, 5) is 41.0. The third-order valence-corrected chi connectivity index (χ3v) is 5.44. The number of benzene rings is 1. The summed E-state index contributed by atoms with van der Waals surface area (Å²) in [5.41, 5.74) is 5.72. The van der Waals surface area contributed by atoms with Gasteiger partial charge in [0, 0.05) is 43.5 Å². The maximum Gasteiger partial charge on any atom is 0.333 e. The van der Waals surface area contributed by atoms with Crippen LogP contribution in [0.15, 0.2) is 27.8 Å². The average molecular weight is 462 g/mol. The number of unbranched alkanes of at least 4 members (excludes halogenated alkanes) is 1. The van der Waals surface area contributed by atoms with E-state index in [4.69, 9.17) is 19.9 Å². The van der Waals surface area contributed by atoms with Crippen molar-refractivity contribution in [3.63, 3.8) is 0 Å². The van der Waals surface area contributed by atoms with Crippen molar-refractivity contribution in [2.45, 2.75) is 32.9 Å². The van der Waals surface area contributed by atoms with Crippen LogP contribution in [0, 0.1) is 0 Å². The monoisotopic (exact) mass is 461 g/mol. The Morgan fingerprint density at radius 2 is 1.73 bits per heavy atom. The minimum atomic E-state index is -0.610. The van der Waals surface area contributed by atoms with Crippen LogP contribution in [-0.4, -0.2) is 55.6 Å². The van der Waals surface area contributed by atoms with Crippen LogP contribution in [0.4, 0.5) is 17.2 Å². The zero-order valence-electron chi connectivity index (χ0n) is 19.3. The standard InChI is InChI=1S/C22H31N5O6/c1-4-5-6-26-20(23)19(25-7-9-33-10-8-25)21(29)27(22(26)30)14-18(28)24-15-11-16(31-2)13-17(12-15)32-3/h11-13H,4-10,14,23H2,1-3H3,(H,24,28). The second-order valence-electron chi connectivity index (χ2n) is 7.66. The second kappa shape index (κ2) is 10.9. The van der Waals surface area contributed by atoms with Crippen molar-refractivity contribution >= 4 is 23.1 Å². The Morgan fingerprint density at radius 1 is 1.09 bits per heavy atom. The summed E-state index contributed by atoms with van der Waals surface area (Å²) in [7, 11) is 3.00. The zero-order valence-corrected chi connectivity index (χ0v) is 19.3. The lowest BCUT2D eigenvalue weighted by molar-refractivity contribution is -0.116. The first-order valence-corrected chi connectivity index (χ1v) is 10.9. The molecule has 1 aromatic heterocycles. The molecular weight excluding hydrogens is 430 g/mol. The molecule has 0 radical (unpaired) electrons. The maximum atomic E-state index is 13.3. The van der Waals surface area contributed by atoms with Crippen molar-refractivity contribution in [1.82, 2.24) is 9.13 Å². The van der Waals surface area contributed by atoms with Gasteiger partial charge in [0.2, 0.25) is 5.91 Å². The third kappa shape index (κ3) is 5.48. The highest BCUT2D eigenvalue weighted by Gasteiger charge is 2.24. The van der Waals surface area contributed by atoms with Crippen LogP contribution in [0.5, 0.6) is 11.5 Å². The fraction of sp³-hybridized carbons (Fsp3) is 0.500. The van der Waals surface area contributed by atoms with E-state index in [1.807, 2.05) is 11.8 Å². The molecule has 0 aliphatic carbocycles. The smallest absolute Gasteiger partial charge is 0.333 e. The first-order chi connectivity index (χ1) is 15.9. The number of aromatic nitrogens is 2. The lowest BCUT2D eigenvalue weighted by Gasteiger charge is -2.30. The molecule has 1 aliphatic heterocycles. The Hall–Kier alpha value is -3.47. The number of hydrogen-bond donors (Lipinski definition) is 2. The number of nitrogens with two attached hydrogens (primary N) is 1. The van der Waals surface area contributed by atoms with Crippen molar-refractivity contribution in [3.05, 3.63) is 39.0 Å². The van der Waals surface area contributed by atoms with Crippen LogP contribution in [-0.2, 0) is 22.6 Å².